The van der Waals surface area contributed by atoms with E-state index in [2.05, 4.69) is 28.9 Å². The monoisotopic (exact) mass is 311 g/mol. The molecule has 17 heavy (non-hydrogen) atoms. The van der Waals surface area contributed by atoms with Gasteiger partial charge in [-0.15, -0.1) is 11.3 Å². The molecule has 1 heterocycles. The Bertz CT molecular complexity index is 524. The summed E-state index contributed by atoms with van der Waals surface area (Å²) >= 11 is 5.27. The number of hydrogen-bond donors (Lipinski definition) is 1. The number of methoxy groups -OCH3 is 1. The lowest BCUT2D eigenvalue weighted by Gasteiger charge is -2.12. The molecule has 0 saturated carbocycles. The Balaban J connectivity index is 2.36. The lowest BCUT2D eigenvalue weighted by Crippen LogP contribution is -2.10. The molecular weight excluding hydrogens is 298 g/mol. The Hall–Kier alpha value is -0.840. The largest absolute Gasteiger partial charge is 0.497 e. The topological polar surface area (TPSA) is 35.2 Å². The third-order valence-corrected chi connectivity index (χ3v) is 4.62. The minimum absolute atomic E-state index is 0.113. The molecule has 2 N–H and O–H groups in total. The molecule has 0 aliphatic heterocycles. The maximum absolute atomic E-state index is 6.28. The molecule has 90 valence electrons. The van der Waals surface area contributed by atoms with E-state index in [0.29, 0.717) is 0 Å². The first-order chi connectivity index (χ1) is 8.11. The summed E-state index contributed by atoms with van der Waals surface area (Å²) in [6.07, 6.45) is 0. The molecule has 4 heteroatoms. The highest BCUT2D eigenvalue weighted by atomic mass is 79.9. The van der Waals surface area contributed by atoms with E-state index in [9.17, 15) is 0 Å². The Morgan fingerprint density at radius 1 is 1.35 bits per heavy atom. The van der Waals surface area contributed by atoms with Gasteiger partial charge in [0, 0.05) is 14.2 Å². The Morgan fingerprint density at radius 2 is 2.12 bits per heavy atom. The van der Waals surface area contributed by atoms with E-state index < -0.39 is 0 Å². The quantitative estimate of drug-likeness (QED) is 0.933. The number of rotatable bonds is 3. The zero-order chi connectivity index (χ0) is 12.4. The van der Waals surface area contributed by atoms with Crippen molar-refractivity contribution in [2.45, 2.75) is 13.0 Å². The predicted molar refractivity (Wildman–Crippen MR) is 75.8 cm³/mol. The first-order valence-electron chi connectivity index (χ1n) is 5.27. The average molecular weight is 312 g/mol. The van der Waals surface area contributed by atoms with Crippen LogP contribution in [0.2, 0.25) is 0 Å². The molecule has 0 fully saturated rings. The summed E-state index contributed by atoms with van der Waals surface area (Å²) in [7, 11) is 1.66. The number of aryl methyl sites for hydroxylation is 1. The van der Waals surface area contributed by atoms with Crippen LogP contribution in [0.5, 0.6) is 5.75 Å². The number of halogens is 1. The molecule has 1 aromatic heterocycles. The molecule has 0 radical (unpaired) electrons. The van der Waals surface area contributed by atoms with Crippen molar-refractivity contribution in [2.75, 3.05) is 7.11 Å². The summed E-state index contributed by atoms with van der Waals surface area (Å²) in [5, 5.41) is 0. The highest BCUT2D eigenvalue weighted by Gasteiger charge is 2.15. The fraction of sp³-hybridized carbons (Fsp3) is 0.231. The molecule has 0 bridgehead atoms. The van der Waals surface area contributed by atoms with Crippen LogP contribution in [0, 0.1) is 6.92 Å². The van der Waals surface area contributed by atoms with Crippen LogP contribution in [-0.2, 0) is 0 Å². The van der Waals surface area contributed by atoms with Gasteiger partial charge in [0.25, 0.3) is 0 Å². The van der Waals surface area contributed by atoms with Crippen LogP contribution in [0.15, 0.2) is 34.8 Å². The van der Waals surface area contributed by atoms with Gasteiger partial charge in [0.15, 0.2) is 0 Å². The van der Waals surface area contributed by atoms with Crippen LogP contribution < -0.4 is 10.5 Å². The second-order valence-corrected chi connectivity index (χ2v) is 5.97. The molecule has 1 aromatic carbocycles. The van der Waals surface area contributed by atoms with Crippen molar-refractivity contribution >= 4 is 27.3 Å². The second-order valence-electron chi connectivity index (χ2n) is 3.82. The van der Waals surface area contributed by atoms with Crippen LogP contribution in [0.1, 0.15) is 21.4 Å². The third-order valence-electron chi connectivity index (χ3n) is 2.57. The molecule has 2 nitrogen and oxygen atoms in total. The predicted octanol–water partition coefficient (Wildman–Crippen LogP) is 3.88. The van der Waals surface area contributed by atoms with Gasteiger partial charge in [-0.25, -0.2) is 0 Å². The second kappa shape index (κ2) is 5.21. The van der Waals surface area contributed by atoms with E-state index in [-0.39, 0.29) is 6.04 Å². The Kier molecular flexibility index (Phi) is 3.86. The van der Waals surface area contributed by atoms with Gasteiger partial charge in [-0.3, -0.25) is 0 Å². The number of hydrogen-bond acceptors (Lipinski definition) is 3. The molecular formula is C13H14BrNOS. The van der Waals surface area contributed by atoms with E-state index in [0.717, 1.165) is 20.7 Å². The van der Waals surface area contributed by atoms with Gasteiger partial charge in [0.2, 0.25) is 0 Å². The summed E-state index contributed by atoms with van der Waals surface area (Å²) in [5.41, 5.74) is 7.34. The first kappa shape index (κ1) is 12.6. The first-order valence-corrected chi connectivity index (χ1v) is 6.88. The van der Waals surface area contributed by atoms with Crippen molar-refractivity contribution < 1.29 is 4.74 Å². The summed E-state index contributed by atoms with van der Waals surface area (Å²) < 4.78 is 6.29. The highest BCUT2D eigenvalue weighted by Crippen LogP contribution is 2.34. The molecule has 2 rings (SSSR count). The highest BCUT2D eigenvalue weighted by molar-refractivity contribution is 9.10. The van der Waals surface area contributed by atoms with Crippen LogP contribution in [-0.4, -0.2) is 7.11 Å². The van der Waals surface area contributed by atoms with E-state index in [1.807, 2.05) is 24.3 Å². The van der Waals surface area contributed by atoms with E-state index >= 15 is 0 Å². The average Bonchev–Trinajstić information content (AvgIpc) is 2.67. The van der Waals surface area contributed by atoms with Crippen molar-refractivity contribution in [3.63, 3.8) is 0 Å². The number of benzene rings is 1. The van der Waals surface area contributed by atoms with E-state index in [1.54, 1.807) is 18.4 Å². The van der Waals surface area contributed by atoms with Crippen molar-refractivity contribution in [3.05, 3.63) is 50.1 Å². The summed E-state index contributed by atoms with van der Waals surface area (Å²) in [5.74, 6) is 0.836. The van der Waals surface area contributed by atoms with Crippen LogP contribution >= 0.6 is 27.3 Å². The fourth-order valence-electron chi connectivity index (χ4n) is 1.70. The van der Waals surface area contributed by atoms with Crippen molar-refractivity contribution in [1.29, 1.82) is 0 Å². The number of ether oxygens (including phenoxy) is 1. The molecule has 1 atom stereocenters. The standard InChI is InChI=1S/C13H14BrNOS/c1-8-6-11(14)13(17-8)12(15)9-4-3-5-10(7-9)16-2/h3-7,12H,15H2,1-2H3. The summed E-state index contributed by atoms with van der Waals surface area (Å²) in [6.45, 7) is 2.08. The third kappa shape index (κ3) is 2.70. The zero-order valence-electron chi connectivity index (χ0n) is 9.74. The van der Waals surface area contributed by atoms with E-state index in [1.165, 1.54) is 4.88 Å². The molecule has 0 spiro atoms. The molecule has 0 aliphatic carbocycles. The van der Waals surface area contributed by atoms with Crippen LogP contribution in [0.4, 0.5) is 0 Å². The van der Waals surface area contributed by atoms with Gasteiger partial charge in [0.1, 0.15) is 5.75 Å². The maximum atomic E-state index is 6.28. The number of nitrogens with two attached hydrogens (primary N) is 1. The minimum atomic E-state index is -0.113. The molecule has 1 unspecified atom stereocenters. The van der Waals surface area contributed by atoms with Gasteiger partial charge in [-0.1, -0.05) is 12.1 Å². The van der Waals surface area contributed by atoms with Gasteiger partial charge < -0.3 is 10.5 Å². The van der Waals surface area contributed by atoms with Gasteiger partial charge in [-0.05, 0) is 46.6 Å². The molecule has 0 amide bonds. The SMILES string of the molecule is COc1cccc(C(N)c2sc(C)cc2Br)c1. The molecule has 2 aromatic rings. The van der Waals surface area contributed by atoms with Crippen molar-refractivity contribution in [3.8, 4) is 5.75 Å². The normalized spacial score (nSPS) is 12.5. The fourth-order valence-corrected chi connectivity index (χ4v) is 3.63. The summed E-state index contributed by atoms with van der Waals surface area (Å²) in [4.78, 5) is 2.40. The molecule has 0 aliphatic rings. The number of thiophene rings is 1. The van der Waals surface area contributed by atoms with Crippen molar-refractivity contribution in [2.24, 2.45) is 5.73 Å². The van der Waals surface area contributed by atoms with Gasteiger partial charge >= 0.3 is 0 Å². The van der Waals surface area contributed by atoms with Crippen molar-refractivity contribution in [1.82, 2.24) is 0 Å². The lowest BCUT2D eigenvalue weighted by atomic mass is 10.1. The maximum Gasteiger partial charge on any atom is 0.119 e. The Labute approximate surface area is 114 Å². The zero-order valence-corrected chi connectivity index (χ0v) is 12.1. The lowest BCUT2D eigenvalue weighted by molar-refractivity contribution is 0.414. The minimum Gasteiger partial charge on any atom is -0.497 e. The van der Waals surface area contributed by atoms with Gasteiger partial charge in [0.05, 0.1) is 13.2 Å². The Morgan fingerprint density at radius 3 is 2.71 bits per heavy atom. The smallest absolute Gasteiger partial charge is 0.119 e. The van der Waals surface area contributed by atoms with E-state index in [4.69, 9.17) is 10.5 Å². The van der Waals surface area contributed by atoms with Crippen LogP contribution in [0.3, 0.4) is 0 Å². The summed E-state index contributed by atoms with van der Waals surface area (Å²) in [6, 6.07) is 9.87. The molecule has 0 saturated heterocycles. The van der Waals surface area contributed by atoms with Gasteiger partial charge in [-0.2, -0.15) is 0 Å². The van der Waals surface area contributed by atoms with Crippen LogP contribution in [0.25, 0.3) is 0 Å².